The summed E-state index contributed by atoms with van der Waals surface area (Å²) < 4.78 is 54.0. The highest BCUT2D eigenvalue weighted by Crippen LogP contribution is 2.30. The first-order valence-corrected chi connectivity index (χ1v) is 10.1. The molecule has 1 aliphatic rings. The van der Waals surface area contributed by atoms with E-state index in [1.807, 2.05) is 0 Å². The number of nitrogens with one attached hydrogen (secondary N) is 3. The summed E-state index contributed by atoms with van der Waals surface area (Å²) in [4.78, 5) is 12.5. The highest BCUT2D eigenvalue weighted by Gasteiger charge is 2.29. The Bertz CT molecular complexity index is 1200. The normalized spacial score (nSPS) is 17.1. The van der Waals surface area contributed by atoms with Gasteiger partial charge >= 0.3 is 0 Å². The van der Waals surface area contributed by atoms with E-state index >= 15 is 0 Å². The van der Waals surface area contributed by atoms with Crippen LogP contribution < -0.4 is 15.4 Å². The number of fused-ring (bicyclic) bond motifs is 1. The zero-order valence-electron chi connectivity index (χ0n) is 14.8. The molecule has 148 valence electrons. The van der Waals surface area contributed by atoms with E-state index < -0.39 is 33.7 Å². The molecule has 1 amide bonds. The van der Waals surface area contributed by atoms with E-state index in [0.29, 0.717) is 17.3 Å². The summed E-state index contributed by atoms with van der Waals surface area (Å²) in [5, 5.41) is 5.47. The summed E-state index contributed by atoms with van der Waals surface area (Å²) in [6, 6.07) is 15.5. The molecule has 0 saturated heterocycles. The smallest absolute Gasteiger partial charge is 0.255 e. The second kappa shape index (κ2) is 7.26. The molecule has 1 atom stereocenters. The van der Waals surface area contributed by atoms with Gasteiger partial charge in [-0.25, -0.2) is 17.2 Å². The Balaban J connectivity index is 1.53. The summed E-state index contributed by atoms with van der Waals surface area (Å²) in [5.74, 6) is -2.20. The number of benzene rings is 3. The Morgan fingerprint density at radius 3 is 2.41 bits per heavy atom. The second-order valence-electron chi connectivity index (χ2n) is 6.40. The number of hydrogen-bond acceptors (Lipinski definition) is 4. The zero-order valence-corrected chi connectivity index (χ0v) is 15.6. The molecule has 0 fully saturated rings. The predicted molar refractivity (Wildman–Crippen MR) is 104 cm³/mol. The Morgan fingerprint density at radius 1 is 0.966 bits per heavy atom. The van der Waals surface area contributed by atoms with Crippen molar-refractivity contribution < 1.29 is 22.0 Å². The third kappa shape index (κ3) is 3.82. The van der Waals surface area contributed by atoms with Crippen molar-refractivity contribution in [3.8, 4) is 0 Å². The molecule has 0 aliphatic carbocycles. The van der Waals surface area contributed by atoms with Crippen LogP contribution in [0.3, 0.4) is 0 Å². The van der Waals surface area contributed by atoms with Crippen LogP contribution >= 0.6 is 0 Å². The van der Waals surface area contributed by atoms with Crippen LogP contribution in [0.1, 0.15) is 22.1 Å². The molecule has 0 bridgehead atoms. The van der Waals surface area contributed by atoms with Gasteiger partial charge in [-0.1, -0.05) is 24.3 Å². The van der Waals surface area contributed by atoms with Crippen LogP contribution in [0.4, 0.5) is 20.2 Å². The molecular formula is C20H15F2N3O3S. The van der Waals surface area contributed by atoms with Gasteiger partial charge in [-0.05, 0) is 42.0 Å². The molecule has 4 rings (SSSR count). The molecular weight excluding hydrogens is 400 g/mol. The lowest BCUT2D eigenvalue weighted by Gasteiger charge is -2.28. The largest absolute Gasteiger partial charge is 0.364 e. The van der Waals surface area contributed by atoms with Crippen LogP contribution in [-0.2, 0) is 10.0 Å². The maximum atomic E-state index is 13.7. The van der Waals surface area contributed by atoms with Crippen molar-refractivity contribution in [1.82, 2.24) is 4.72 Å². The van der Waals surface area contributed by atoms with Crippen LogP contribution in [0, 0.1) is 11.6 Å². The van der Waals surface area contributed by atoms with E-state index in [4.69, 9.17) is 0 Å². The van der Waals surface area contributed by atoms with E-state index in [9.17, 15) is 22.0 Å². The predicted octanol–water partition coefficient (Wildman–Crippen LogP) is 3.62. The second-order valence-corrected chi connectivity index (χ2v) is 8.08. The number of amides is 1. The molecule has 9 heteroatoms. The first-order chi connectivity index (χ1) is 13.8. The lowest BCUT2D eigenvalue weighted by molar-refractivity contribution is 0.102. The monoisotopic (exact) mass is 415 g/mol. The van der Waals surface area contributed by atoms with Crippen LogP contribution in [0.5, 0.6) is 0 Å². The molecule has 0 aromatic heterocycles. The number of sulfonamides is 1. The average molecular weight is 415 g/mol. The number of carbonyl (C=O) groups excluding carboxylic acids is 1. The van der Waals surface area contributed by atoms with E-state index in [2.05, 4.69) is 15.4 Å². The Labute approximate surface area is 165 Å². The van der Waals surface area contributed by atoms with Crippen LogP contribution in [-0.4, -0.2) is 14.3 Å². The Hall–Kier alpha value is -3.30. The fourth-order valence-electron chi connectivity index (χ4n) is 2.99. The molecule has 3 aromatic carbocycles. The van der Waals surface area contributed by atoms with Gasteiger partial charge in [-0.2, -0.15) is 4.72 Å². The van der Waals surface area contributed by atoms with Gasteiger partial charge in [0.15, 0.2) is 0 Å². The minimum atomic E-state index is -3.68. The summed E-state index contributed by atoms with van der Waals surface area (Å²) in [6.45, 7) is 0. The number of anilines is 2. The van der Waals surface area contributed by atoms with E-state index in [0.717, 1.165) is 12.1 Å². The van der Waals surface area contributed by atoms with Gasteiger partial charge in [0, 0.05) is 11.6 Å². The minimum Gasteiger partial charge on any atom is -0.364 e. The minimum absolute atomic E-state index is 0.140. The average Bonchev–Trinajstić information content (AvgIpc) is 2.69. The molecule has 1 aliphatic heterocycles. The number of para-hydroxylation sites is 1. The van der Waals surface area contributed by atoms with E-state index in [-0.39, 0.29) is 16.1 Å². The molecule has 3 N–H and O–H groups in total. The van der Waals surface area contributed by atoms with Crippen LogP contribution in [0.25, 0.3) is 0 Å². The molecule has 29 heavy (non-hydrogen) atoms. The number of hydrogen-bond donors (Lipinski definition) is 3. The van der Waals surface area contributed by atoms with Crippen molar-refractivity contribution in [3.63, 3.8) is 0 Å². The van der Waals surface area contributed by atoms with E-state index in [1.165, 1.54) is 18.2 Å². The Morgan fingerprint density at radius 2 is 1.69 bits per heavy atom. The highest BCUT2D eigenvalue weighted by atomic mass is 32.2. The molecule has 6 nitrogen and oxygen atoms in total. The number of rotatable bonds is 3. The summed E-state index contributed by atoms with van der Waals surface area (Å²) in [7, 11) is -3.68. The lowest BCUT2D eigenvalue weighted by atomic mass is 10.1. The van der Waals surface area contributed by atoms with E-state index in [1.54, 1.807) is 30.3 Å². The summed E-state index contributed by atoms with van der Waals surface area (Å²) >= 11 is 0. The standard InChI is InChI=1S/C20H15F2N3O3S/c21-14-9-10-16(15(22)11-14)24-20(26)13-7-5-12(6-8-13)19-23-17-3-1-2-4-18(17)29(27,28)25-19/h1-11,19,23,25H,(H,24,26)/t19-/m0/s1. The number of carbonyl (C=O) groups is 1. The maximum Gasteiger partial charge on any atom is 0.255 e. The van der Waals surface area contributed by atoms with Crippen molar-refractivity contribution in [2.24, 2.45) is 0 Å². The van der Waals surface area contributed by atoms with Crippen molar-refractivity contribution >= 4 is 27.3 Å². The van der Waals surface area contributed by atoms with Crippen LogP contribution in [0.2, 0.25) is 0 Å². The topological polar surface area (TPSA) is 87.3 Å². The zero-order chi connectivity index (χ0) is 20.6. The molecule has 0 unspecified atom stereocenters. The quantitative estimate of drug-likeness (QED) is 0.610. The molecule has 0 radical (unpaired) electrons. The Kier molecular flexibility index (Phi) is 4.77. The first kappa shape index (κ1) is 19.0. The van der Waals surface area contributed by atoms with Gasteiger partial charge in [-0.15, -0.1) is 0 Å². The summed E-state index contributed by atoms with van der Waals surface area (Å²) in [6.07, 6.45) is -0.707. The van der Waals surface area contributed by atoms with Crippen LogP contribution in [0.15, 0.2) is 71.6 Å². The van der Waals surface area contributed by atoms with Gasteiger partial charge in [0.25, 0.3) is 5.91 Å². The first-order valence-electron chi connectivity index (χ1n) is 8.58. The third-order valence-electron chi connectivity index (χ3n) is 4.43. The van der Waals surface area contributed by atoms with Gasteiger partial charge in [0.2, 0.25) is 10.0 Å². The van der Waals surface area contributed by atoms with Gasteiger partial charge < -0.3 is 10.6 Å². The third-order valence-corrected chi connectivity index (χ3v) is 5.92. The SMILES string of the molecule is O=C(Nc1ccc(F)cc1F)c1ccc([C@H]2Nc3ccccc3S(=O)(=O)N2)cc1. The molecule has 0 saturated carbocycles. The number of halogens is 2. The van der Waals surface area contributed by atoms with Crippen molar-refractivity contribution in [2.45, 2.75) is 11.1 Å². The maximum absolute atomic E-state index is 13.7. The highest BCUT2D eigenvalue weighted by molar-refractivity contribution is 7.89. The van der Waals surface area contributed by atoms with Gasteiger partial charge in [-0.3, -0.25) is 4.79 Å². The lowest BCUT2D eigenvalue weighted by Crippen LogP contribution is -2.38. The molecule has 1 heterocycles. The van der Waals surface area contributed by atoms with Crippen molar-refractivity contribution in [2.75, 3.05) is 10.6 Å². The van der Waals surface area contributed by atoms with Gasteiger partial charge in [0.05, 0.1) is 11.4 Å². The summed E-state index contributed by atoms with van der Waals surface area (Å²) in [5.41, 5.74) is 1.16. The van der Waals surface area contributed by atoms with Crippen molar-refractivity contribution in [3.05, 3.63) is 89.5 Å². The van der Waals surface area contributed by atoms with Crippen molar-refractivity contribution in [1.29, 1.82) is 0 Å². The molecule has 3 aromatic rings. The van der Waals surface area contributed by atoms with Gasteiger partial charge in [0.1, 0.15) is 22.7 Å². The molecule has 0 spiro atoms. The fourth-order valence-corrected chi connectivity index (χ4v) is 4.29. The fraction of sp³-hybridized carbons (Fsp3) is 0.0500.